The van der Waals surface area contributed by atoms with Gasteiger partial charge < -0.3 is 0 Å². The molecule has 0 heterocycles. The molecule has 0 aliphatic rings. The van der Waals surface area contributed by atoms with Crippen molar-refractivity contribution in [1.29, 1.82) is 5.26 Å². The Kier molecular flexibility index (Phi) is 2.77. The van der Waals surface area contributed by atoms with Gasteiger partial charge >= 0.3 is 0 Å². The molecule has 0 saturated heterocycles. The third-order valence-electron chi connectivity index (χ3n) is 1.33. The first-order chi connectivity index (χ1) is 6.22. The predicted octanol–water partition coefficient (Wildman–Crippen LogP) is 1.50. The summed E-state index contributed by atoms with van der Waals surface area (Å²) in [5.74, 6) is 0. The first kappa shape index (κ1) is 8.94. The molecule has 13 heavy (non-hydrogen) atoms. The van der Waals surface area contributed by atoms with Crippen LogP contribution < -0.4 is 0 Å². The second-order valence-electron chi connectivity index (χ2n) is 2.25. The summed E-state index contributed by atoms with van der Waals surface area (Å²) in [7, 11) is 0. The fourth-order valence-electron chi connectivity index (χ4n) is 0.806. The SMILES string of the molecule is N#Cc1cccc(/[C]=C/[N+](=O)[O-])c1. The fourth-order valence-corrected chi connectivity index (χ4v) is 0.806. The van der Waals surface area contributed by atoms with Crippen LogP contribution in [0.5, 0.6) is 0 Å². The van der Waals surface area contributed by atoms with Crippen molar-refractivity contribution in [2.75, 3.05) is 0 Å². The smallest absolute Gasteiger partial charge is 0.243 e. The molecule has 63 valence electrons. The van der Waals surface area contributed by atoms with Gasteiger partial charge in [-0.15, -0.1) is 0 Å². The van der Waals surface area contributed by atoms with Crippen LogP contribution in [0.4, 0.5) is 0 Å². The summed E-state index contributed by atoms with van der Waals surface area (Å²) in [6, 6.07) is 8.37. The highest BCUT2D eigenvalue weighted by atomic mass is 16.6. The number of nitriles is 1. The van der Waals surface area contributed by atoms with Crippen LogP contribution in [-0.4, -0.2) is 4.92 Å². The number of benzene rings is 1. The molecular weight excluding hydrogens is 168 g/mol. The fraction of sp³-hybridized carbons (Fsp3) is 0. The van der Waals surface area contributed by atoms with E-state index in [0.29, 0.717) is 11.1 Å². The summed E-state index contributed by atoms with van der Waals surface area (Å²) in [5, 5.41) is 18.5. The number of hydrogen-bond acceptors (Lipinski definition) is 3. The van der Waals surface area contributed by atoms with E-state index in [1.54, 1.807) is 18.2 Å². The maximum absolute atomic E-state index is 9.95. The zero-order chi connectivity index (χ0) is 9.68. The third kappa shape index (κ3) is 2.75. The average molecular weight is 173 g/mol. The minimum Gasteiger partial charge on any atom is -0.259 e. The van der Waals surface area contributed by atoms with E-state index in [4.69, 9.17) is 5.26 Å². The molecule has 1 radical (unpaired) electrons. The van der Waals surface area contributed by atoms with Crippen molar-refractivity contribution in [3.05, 3.63) is 57.8 Å². The molecule has 1 aromatic rings. The summed E-state index contributed by atoms with van der Waals surface area (Å²) in [4.78, 5) is 9.35. The molecular formula is C9H5N2O2. The normalized spacial score (nSPS) is 9.77. The minimum absolute atomic E-state index is 0.460. The van der Waals surface area contributed by atoms with Crippen LogP contribution in [0.3, 0.4) is 0 Å². The highest BCUT2D eigenvalue weighted by Crippen LogP contribution is 2.03. The average Bonchev–Trinajstić information content (AvgIpc) is 2.15. The van der Waals surface area contributed by atoms with Gasteiger partial charge in [0.2, 0.25) is 6.20 Å². The third-order valence-corrected chi connectivity index (χ3v) is 1.33. The highest BCUT2D eigenvalue weighted by molar-refractivity contribution is 5.35. The Balaban J connectivity index is 2.91. The van der Waals surface area contributed by atoms with Gasteiger partial charge in [-0.05, 0) is 17.7 Å². The lowest BCUT2D eigenvalue weighted by Gasteiger charge is -1.90. The largest absolute Gasteiger partial charge is 0.259 e. The van der Waals surface area contributed by atoms with Crippen LogP contribution in [0.25, 0.3) is 0 Å². The molecule has 1 aromatic carbocycles. The molecule has 0 fully saturated rings. The highest BCUT2D eigenvalue weighted by Gasteiger charge is 1.93. The first-order valence-electron chi connectivity index (χ1n) is 3.46. The van der Waals surface area contributed by atoms with Crippen molar-refractivity contribution < 1.29 is 4.92 Å². The van der Waals surface area contributed by atoms with Gasteiger partial charge in [0.1, 0.15) is 0 Å². The molecule has 1 rings (SSSR count). The molecule has 0 unspecified atom stereocenters. The van der Waals surface area contributed by atoms with Crippen molar-refractivity contribution in [2.24, 2.45) is 0 Å². The molecule has 4 nitrogen and oxygen atoms in total. The van der Waals surface area contributed by atoms with E-state index in [2.05, 4.69) is 6.08 Å². The van der Waals surface area contributed by atoms with Crippen molar-refractivity contribution in [2.45, 2.75) is 0 Å². The molecule has 0 bridgehead atoms. The Bertz CT molecular complexity index is 391. The van der Waals surface area contributed by atoms with E-state index in [-0.39, 0.29) is 0 Å². The van der Waals surface area contributed by atoms with Gasteiger partial charge in [-0.3, -0.25) is 10.1 Å². The molecule has 0 amide bonds. The van der Waals surface area contributed by atoms with E-state index < -0.39 is 4.92 Å². The van der Waals surface area contributed by atoms with Crippen molar-refractivity contribution >= 4 is 0 Å². The summed E-state index contributed by atoms with van der Waals surface area (Å²) in [6.07, 6.45) is 3.16. The summed E-state index contributed by atoms with van der Waals surface area (Å²) >= 11 is 0. The van der Waals surface area contributed by atoms with Crippen LogP contribution in [0.2, 0.25) is 0 Å². The van der Waals surface area contributed by atoms with Gasteiger partial charge in [0, 0.05) is 0 Å². The Morgan fingerprint density at radius 1 is 1.46 bits per heavy atom. The predicted molar refractivity (Wildman–Crippen MR) is 45.1 cm³/mol. The monoisotopic (exact) mass is 173 g/mol. The van der Waals surface area contributed by atoms with Gasteiger partial charge in [-0.25, -0.2) is 0 Å². The van der Waals surface area contributed by atoms with Crippen molar-refractivity contribution in [1.82, 2.24) is 0 Å². The zero-order valence-electron chi connectivity index (χ0n) is 6.60. The lowest BCUT2D eigenvalue weighted by molar-refractivity contribution is -0.403. The summed E-state index contributed by atoms with van der Waals surface area (Å²) in [6.45, 7) is 0. The Hall–Kier alpha value is -2.15. The molecule has 0 atom stereocenters. The number of nitrogens with zero attached hydrogens (tertiary/aromatic N) is 2. The van der Waals surface area contributed by atoms with Crippen molar-refractivity contribution in [3.63, 3.8) is 0 Å². The summed E-state index contributed by atoms with van der Waals surface area (Å²) in [5.41, 5.74) is 0.984. The molecule has 0 N–H and O–H groups in total. The lowest BCUT2D eigenvalue weighted by atomic mass is 10.1. The molecule has 4 heteroatoms. The summed E-state index contributed by atoms with van der Waals surface area (Å²) < 4.78 is 0. The standard InChI is InChI=1S/C9H5N2O2/c10-7-9-3-1-2-8(6-9)4-5-11(12)13/h1-3,5-6H. The molecule has 0 spiro atoms. The second kappa shape index (κ2) is 4.02. The van der Waals surface area contributed by atoms with E-state index in [1.165, 1.54) is 6.07 Å². The van der Waals surface area contributed by atoms with E-state index in [9.17, 15) is 10.1 Å². The van der Waals surface area contributed by atoms with Crippen molar-refractivity contribution in [3.8, 4) is 6.07 Å². The topological polar surface area (TPSA) is 66.9 Å². The second-order valence-corrected chi connectivity index (χ2v) is 2.25. The zero-order valence-corrected chi connectivity index (χ0v) is 6.60. The quantitative estimate of drug-likeness (QED) is 0.502. The van der Waals surface area contributed by atoms with Crippen LogP contribution in [-0.2, 0) is 0 Å². The maximum atomic E-state index is 9.95. The van der Waals surface area contributed by atoms with Gasteiger partial charge in [0.15, 0.2) is 0 Å². The van der Waals surface area contributed by atoms with Crippen LogP contribution in [0, 0.1) is 27.5 Å². The molecule has 0 aromatic heterocycles. The molecule has 0 aliphatic carbocycles. The Morgan fingerprint density at radius 3 is 2.77 bits per heavy atom. The number of rotatable bonds is 2. The van der Waals surface area contributed by atoms with Gasteiger partial charge in [-0.2, -0.15) is 5.26 Å². The Morgan fingerprint density at radius 2 is 2.15 bits per heavy atom. The van der Waals surface area contributed by atoms with Gasteiger partial charge in [-0.1, -0.05) is 12.1 Å². The number of hydrogen-bond donors (Lipinski definition) is 0. The lowest BCUT2D eigenvalue weighted by Crippen LogP contribution is -1.84. The Labute approximate surface area is 74.9 Å². The van der Waals surface area contributed by atoms with E-state index >= 15 is 0 Å². The molecule has 0 aliphatic heterocycles. The van der Waals surface area contributed by atoms with Crippen LogP contribution in [0.1, 0.15) is 11.1 Å². The molecule has 0 saturated carbocycles. The van der Waals surface area contributed by atoms with E-state index in [1.807, 2.05) is 6.07 Å². The van der Waals surface area contributed by atoms with E-state index in [0.717, 1.165) is 6.20 Å². The number of nitro groups is 1. The van der Waals surface area contributed by atoms with Crippen LogP contribution >= 0.6 is 0 Å². The first-order valence-corrected chi connectivity index (χ1v) is 3.46. The minimum atomic E-state index is -0.598. The van der Waals surface area contributed by atoms with Crippen LogP contribution in [0.15, 0.2) is 30.5 Å². The van der Waals surface area contributed by atoms with Gasteiger partial charge in [0.25, 0.3) is 0 Å². The van der Waals surface area contributed by atoms with Gasteiger partial charge in [0.05, 0.1) is 22.6 Å². The maximum Gasteiger partial charge on any atom is 0.243 e.